The number of nitrogens with zero attached hydrogens (tertiary/aromatic N) is 1. The Morgan fingerprint density at radius 3 is 2.40 bits per heavy atom. The average Bonchev–Trinajstić information content (AvgIpc) is 2.54. The predicted molar refractivity (Wildman–Crippen MR) is 81.0 cm³/mol. The first-order valence-electron chi connectivity index (χ1n) is 7.67. The molecule has 1 saturated carbocycles. The van der Waals surface area contributed by atoms with Crippen LogP contribution in [0.25, 0.3) is 0 Å². The monoisotopic (exact) mass is 273 g/mol. The van der Waals surface area contributed by atoms with Crippen LogP contribution in [0, 0.1) is 5.92 Å². The van der Waals surface area contributed by atoms with Crippen LogP contribution in [0.5, 0.6) is 0 Å². The van der Waals surface area contributed by atoms with Crippen molar-refractivity contribution in [2.45, 2.75) is 64.6 Å². The molecule has 1 aliphatic carbocycles. The number of aromatic nitrogens is 1. The lowest BCUT2D eigenvalue weighted by molar-refractivity contribution is 0.00578. The lowest BCUT2D eigenvalue weighted by Gasteiger charge is -2.32. The molecule has 0 bridgehead atoms. The first-order chi connectivity index (χ1) is 9.39. The number of hydrogen-bond acceptors (Lipinski definition) is 3. The minimum absolute atomic E-state index is 0.266. The summed E-state index contributed by atoms with van der Waals surface area (Å²) in [6.45, 7) is 8.39. The van der Waals surface area contributed by atoms with Gasteiger partial charge in [0.05, 0.1) is 11.2 Å². The molecule has 1 aromatic rings. The Hall–Kier alpha value is -0.865. The molecular formula is C16H24BNO2. The minimum atomic E-state index is -0.283. The summed E-state index contributed by atoms with van der Waals surface area (Å²) in [6, 6.07) is 2.05. The van der Waals surface area contributed by atoms with Gasteiger partial charge in [0.15, 0.2) is 0 Å². The average molecular weight is 273 g/mol. The van der Waals surface area contributed by atoms with Gasteiger partial charge in [-0.1, -0.05) is 19.3 Å². The highest BCUT2D eigenvalue weighted by molar-refractivity contribution is 6.62. The number of pyridine rings is 1. The van der Waals surface area contributed by atoms with Crippen LogP contribution in [0.3, 0.4) is 0 Å². The summed E-state index contributed by atoms with van der Waals surface area (Å²) < 4.78 is 12.3. The Morgan fingerprint density at radius 2 is 1.85 bits per heavy atom. The van der Waals surface area contributed by atoms with E-state index < -0.39 is 0 Å². The first kappa shape index (κ1) is 14.1. The maximum Gasteiger partial charge on any atom is 0.495 e. The van der Waals surface area contributed by atoms with Gasteiger partial charge in [-0.15, -0.1) is 0 Å². The molecule has 1 aromatic heterocycles. The largest absolute Gasteiger partial charge is 0.495 e. The third kappa shape index (κ3) is 2.40. The van der Waals surface area contributed by atoms with Crippen molar-refractivity contribution in [2.24, 2.45) is 5.92 Å². The van der Waals surface area contributed by atoms with Crippen LogP contribution in [0.2, 0.25) is 0 Å². The lowest BCUT2D eigenvalue weighted by atomic mass is 9.72. The van der Waals surface area contributed by atoms with Gasteiger partial charge in [0, 0.05) is 12.4 Å². The molecule has 1 saturated heterocycles. The van der Waals surface area contributed by atoms with E-state index in [9.17, 15) is 0 Å². The highest BCUT2D eigenvalue weighted by atomic mass is 16.7. The van der Waals surface area contributed by atoms with Gasteiger partial charge < -0.3 is 9.31 Å². The molecule has 0 spiro atoms. The summed E-state index contributed by atoms with van der Waals surface area (Å²) in [7, 11) is -0.266. The summed E-state index contributed by atoms with van der Waals surface area (Å²) in [5.74, 6) is 0.820. The second-order valence-electron chi connectivity index (χ2n) is 7.16. The zero-order valence-electron chi connectivity index (χ0n) is 13.0. The molecule has 0 atom stereocenters. The van der Waals surface area contributed by atoms with Crippen LogP contribution in [-0.4, -0.2) is 23.3 Å². The predicted octanol–water partition coefficient (Wildman–Crippen LogP) is 2.72. The molecule has 0 amide bonds. The Balaban J connectivity index is 1.84. The van der Waals surface area contributed by atoms with Crippen molar-refractivity contribution in [1.82, 2.24) is 4.98 Å². The molecule has 2 fully saturated rings. The summed E-state index contributed by atoms with van der Waals surface area (Å²) >= 11 is 0. The summed E-state index contributed by atoms with van der Waals surface area (Å²) in [5, 5.41) is 0. The quantitative estimate of drug-likeness (QED) is 0.793. The molecule has 20 heavy (non-hydrogen) atoms. The molecule has 108 valence electrons. The molecule has 0 N–H and O–H groups in total. The molecule has 4 heteroatoms. The fourth-order valence-corrected chi connectivity index (χ4v) is 2.82. The van der Waals surface area contributed by atoms with Crippen LogP contribution >= 0.6 is 0 Å². The van der Waals surface area contributed by atoms with E-state index in [-0.39, 0.29) is 18.3 Å². The first-order valence-corrected chi connectivity index (χ1v) is 7.67. The van der Waals surface area contributed by atoms with Gasteiger partial charge in [-0.25, -0.2) is 0 Å². The van der Waals surface area contributed by atoms with Gasteiger partial charge in [0.2, 0.25) is 0 Å². The van der Waals surface area contributed by atoms with Crippen LogP contribution in [-0.2, 0) is 15.7 Å². The second kappa shape index (κ2) is 4.85. The molecule has 0 aromatic carbocycles. The molecule has 3 nitrogen and oxygen atoms in total. The van der Waals surface area contributed by atoms with Gasteiger partial charge in [0.25, 0.3) is 0 Å². The zero-order valence-corrected chi connectivity index (χ0v) is 13.0. The van der Waals surface area contributed by atoms with Gasteiger partial charge in [0.1, 0.15) is 0 Å². The van der Waals surface area contributed by atoms with Gasteiger partial charge >= 0.3 is 7.12 Å². The third-order valence-corrected chi connectivity index (χ3v) is 5.18. The molecular weight excluding hydrogens is 249 g/mol. The van der Waals surface area contributed by atoms with Crippen molar-refractivity contribution in [1.29, 1.82) is 0 Å². The Labute approximate surface area is 122 Å². The van der Waals surface area contributed by atoms with E-state index in [1.54, 1.807) is 0 Å². The fraction of sp³-hybridized carbons (Fsp3) is 0.688. The molecule has 1 aliphatic heterocycles. The maximum absolute atomic E-state index is 6.17. The standard InChI is InChI=1S/C16H24BNO2/c1-15(2)16(3,4)20-17(19-15)14-8-9-18-11-13(14)10-12-6-5-7-12/h8-9,11-12H,5-7,10H2,1-4H3. The molecule has 3 rings (SSSR count). The van der Waals surface area contributed by atoms with E-state index in [4.69, 9.17) is 9.31 Å². The normalized spacial score (nSPS) is 24.7. The fourth-order valence-electron chi connectivity index (χ4n) is 2.82. The van der Waals surface area contributed by atoms with Crippen molar-refractivity contribution >= 4 is 12.6 Å². The summed E-state index contributed by atoms with van der Waals surface area (Å²) in [4.78, 5) is 4.29. The van der Waals surface area contributed by atoms with E-state index in [2.05, 4.69) is 38.7 Å². The summed E-state index contributed by atoms with van der Waals surface area (Å²) in [5.41, 5.74) is 1.88. The van der Waals surface area contributed by atoms with E-state index in [0.717, 1.165) is 17.8 Å². The van der Waals surface area contributed by atoms with E-state index in [1.807, 2.05) is 12.4 Å². The smallest absolute Gasteiger partial charge is 0.399 e. The van der Waals surface area contributed by atoms with Crippen molar-refractivity contribution < 1.29 is 9.31 Å². The Morgan fingerprint density at radius 1 is 1.20 bits per heavy atom. The van der Waals surface area contributed by atoms with Crippen LogP contribution in [0.15, 0.2) is 18.5 Å². The topological polar surface area (TPSA) is 31.4 Å². The SMILES string of the molecule is CC1(C)OB(c2ccncc2CC2CCC2)OC1(C)C. The van der Waals surface area contributed by atoms with Crippen LogP contribution < -0.4 is 5.46 Å². The van der Waals surface area contributed by atoms with E-state index >= 15 is 0 Å². The minimum Gasteiger partial charge on any atom is -0.399 e. The molecule has 0 unspecified atom stereocenters. The van der Waals surface area contributed by atoms with Gasteiger partial charge in [-0.2, -0.15) is 0 Å². The highest BCUT2D eigenvalue weighted by Gasteiger charge is 2.52. The third-order valence-electron chi connectivity index (χ3n) is 5.18. The number of rotatable bonds is 3. The molecule has 2 aliphatic rings. The van der Waals surface area contributed by atoms with Gasteiger partial charge in [-0.05, 0) is 57.1 Å². The van der Waals surface area contributed by atoms with E-state index in [0.29, 0.717) is 0 Å². The van der Waals surface area contributed by atoms with E-state index in [1.165, 1.54) is 24.8 Å². The Kier molecular flexibility index (Phi) is 3.42. The van der Waals surface area contributed by atoms with Crippen molar-refractivity contribution in [3.05, 3.63) is 24.0 Å². The van der Waals surface area contributed by atoms with Crippen molar-refractivity contribution in [3.8, 4) is 0 Å². The van der Waals surface area contributed by atoms with Crippen molar-refractivity contribution in [3.63, 3.8) is 0 Å². The van der Waals surface area contributed by atoms with Crippen molar-refractivity contribution in [2.75, 3.05) is 0 Å². The molecule has 0 radical (unpaired) electrons. The van der Waals surface area contributed by atoms with Gasteiger partial charge in [-0.3, -0.25) is 4.98 Å². The maximum atomic E-state index is 6.17. The van der Waals surface area contributed by atoms with Crippen LogP contribution in [0.4, 0.5) is 0 Å². The molecule has 2 heterocycles. The Bertz CT molecular complexity index is 481. The zero-order chi connectivity index (χ0) is 14.4. The second-order valence-corrected chi connectivity index (χ2v) is 7.16. The lowest BCUT2D eigenvalue weighted by Crippen LogP contribution is -2.41. The van der Waals surface area contributed by atoms with Crippen LogP contribution in [0.1, 0.15) is 52.5 Å². The highest BCUT2D eigenvalue weighted by Crippen LogP contribution is 2.37. The summed E-state index contributed by atoms with van der Waals surface area (Å²) in [6.07, 6.45) is 8.99. The number of hydrogen-bond donors (Lipinski definition) is 0.